The van der Waals surface area contributed by atoms with E-state index in [1.165, 1.54) is 0 Å². The third-order valence-corrected chi connectivity index (χ3v) is 4.27. The first kappa shape index (κ1) is 14.1. The summed E-state index contributed by atoms with van der Waals surface area (Å²) in [6.07, 6.45) is 0. The van der Waals surface area contributed by atoms with Gasteiger partial charge >= 0.3 is 0 Å². The van der Waals surface area contributed by atoms with Crippen LogP contribution in [-0.2, 0) is 12.0 Å². The Morgan fingerprint density at radius 2 is 2.05 bits per heavy atom. The lowest BCUT2D eigenvalue weighted by Crippen LogP contribution is -2.12. The summed E-state index contributed by atoms with van der Waals surface area (Å²) >= 11 is 1.69. The number of aromatic nitrogens is 3. The van der Waals surface area contributed by atoms with Crippen LogP contribution >= 0.6 is 11.3 Å². The monoisotopic (exact) mass is 300 g/mol. The molecule has 2 aromatic heterocycles. The van der Waals surface area contributed by atoms with Crippen molar-refractivity contribution in [3.05, 3.63) is 40.1 Å². The number of thiazole rings is 1. The number of aromatic amines is 1. The second-order valence-corrected chi connectivity index (χ2v) is 7.25. The molecule has 2 N–H and O–H groups in total. The first-order chi connectivity index (χ1) is 9.91. The fraction of sp³-hybridized carbons (Fsp3) is 0.375. The van der Waals surface area contributed by atoms with Gasteiger partial charge in [-0.05, 0) is 25.1 Å². The number of anilines is 1. The highest BCUT2D eigenvalue weighted by atomic mass is 32.1. The van der Waals surface area contributed by atoms with E-state index in [4.69, 9.17) is 0 Å². The topological polar surface area (TPSA) is 53.6 Å². The van der Waals surface area contributed by atoms with Crippen LogP contribution in [0.15, 0.2) is 23.6 Å². The third kappa shape index (κ3) is 3.08. The summed E-state index contributed by atoms with van der Waals surface area (Å²) < 4.78 is 0. The van der Waals surface area contributed by atoms with Crippen LogP contribution in [-0.4, -0.2) is 15.0 Å². The largest absolute Gasteiger partial charge is 0.378 e. The molecule has 3 rings (SSSR count). The Labute approximate surface area is 128 Å². The number of benzene rings is 1. The molecule has 4 nitrogen and oxygen atoms in total. The molecule has 0 saturated heterocycles. The van der Waals surface area contributed by atoms with E-state index >= 15 is 0 Å². The van der Waals surface area contributed by atoms with Gasteiger partial charge in [-0.1, -0.05) is 20.8 Å². The van der Waals surface area contributed by atoms with Gasteiger partial charge in [0.2, 0.25) is 0 Å². The van der Waals surface area contributed by atoms with Gasteiger partial charge in [-0.25, -0.2) is 9.97 Å². The van der Waals surface area contributed by atoms with E-state index in [0.717, 1.165) is 39.8 Å². The minimum Gasteiger partial charge on any atom is -0.378 e. The van der Waals surface area contributed by atoms with E-state index in [0.29, 0.717) is 0 Å². The van der Waals surface area contributed by atoms with Crippen LogP contribution in [0, 0.1) is 6.92 Å². The quantitative estimate of drug-likeness (QED) is 0.760. The maximum Gasteiger partial charge on any atom is 0.112 e. The van der Waals surface area contributed by atoms with E-state index in [1.54, 1.807) is 11.3 Å². The first-order valence-electron chi connectivity index (χ1n) is 7.07. The molecule has 0 aliphatic rings. The number of imidazole rings is 1. The molecule has 0 atom stereocenters. The van der Waals surface area contributed by atoms with Crippen molar-refractivity contribution in [2.24, 2.45) is 0 Å². The molecule has 3 aromatic rings. The number of aryl methyl sites for hydroxylation is 1. The summed E-state index contributed by atoms with van der Waals surface area (Å²) in [5, 5.41) is 6.59. The molecule has 21 heavy (non-hydrogen) atoms. The molecule has 1 aromatic carbocycles. The highest BCUT2D eigenvalue weighted by molar-refractivity contribution is 7.09. The summed E-state index contributed by atoms with van der Waals surface area (Å²) in [5.74, 6) is 1.02. The van der Waals surface area contributed by atoms with Gasteiger partial charge < -0.3 is 10.3 Å². The van der Waals surface area contributed by atoms with Gasteiger partial charge in [0, 0.05) is 22.2 Å². The van der Waals surface area contributed by atoms with Crippen LogP contribution < -0.4 is 5.32 Å². The number of nitrogens with one attached hydrogen (secondary N) is 2. The zero-order chi connectivity index (χ0) is 15.0. The van der Waals surface area contributed by atoms with Gasteiger partial charge in [0.05, 0.1) is 17.6 Å². The van der Waals surface area contributed by atoms with E-state index in [9.17, 15) is 0 Å². The predicted molar refractivity (Wildman–Crippen MR) is 89.0 cm³/mol. The molecule has 0 fully saturated rings. The van der Waals surface area contributed by atoms with Gasteiger partial charge in [0.1, 0.15) is 10.8 Å². The van der Waals surface area contributed by atoms with E-state index in [1.807, 2.05) is 6.92 Å². The third-order valence-electron chi connectivity index (χ3n) is 3.30. The average Bonchev–Trinajstić information content (AvgIpc) is 3.01. The maximum atomic E-state index is 4.65. The molecular formula is C16H20N4S. The molecule has 0 saturated carbocycles. The smallest absolute Gasteiger partial charge is 0.112 e. The van der Waals surface area contributed by atoms with Crippen molar-refractivity contribution in [2.45, 2.75) is 39.7 Å². The van der Waals surface area contributed by atoms with Crippen molar-refractivity contribution in [2.75, 3.05) is 5.32 Å². The highest BCUT2D eigenvalue weighted by Crippen LogP contribution is 2.24. The Balaban J connectivity index is 1.80. The number of nitrogens with zero attached hydrogens (tertiary/aromatic N) is 2. The van der Waals surface area contributed by atoms with Gasteiger partial charge in [0.25, 0.3) is 0 Å². The zero-order valence-corrected chi connectivity index (χ0v) is 13.6. The fourth-order valence-corrected chi connectivity index (χ4v) is 2.85. The second-order valence-electron chi connectivity index (χ2n) is 6.30. The lowest BCUT2D eigenvalue weighted by Gasteiger charge is -2.13. The second kappa shape index (κ2) is 5.15. The first-order valence-corrected chi connectivity index (χ1v) is 7.95. The highest BCUT2D eigenvalue weighted by Gasteiger charge is 2.18. The van der Waals surface area contributed by atoms with Crippen molar-refractivity contribution in [1.82, 2.24) is 15.0 Å². The van der Waals surface area contributed by atoms with Crippen LogP contribution in [0.5, 0.6) is 0 Å². The molecular weight excluding hydrogens is 280 g/mol. The SMILES string of the molecule is Cc1csc(CNc2ccc3nc(C(C)(C)C)[nH]c3c2)n1. The molecule has 0 aliphatic heterocycles. The Bertz CT molecular complexity index is 764. The molecule has 0 radical (unpaired) electrons. The van der Waals surface area contributed by atoms with Crippen molar-refractivity contribution < 1.29 is 0 Å². The van der Waals surface area contributed by atoms with Crippen molar-refractivity contribution >= 4 is 28.1 Å². The summed E-state index contributed by atoms with van der Waals surface area (Å²) in [6, 6.07) is 6.23. The van der Waals surface area contributed by atoms with Gasteiger partial charge in [-0.3, -0.25) is 0 Å². The van der Waals surface area contributed by atoms with Gasteiger partial charge in [0.15, 0.2) is 0 Å². The Morgan fingerprint density at radius 3 is 2.71 bits per heavy atom. The molecule has 2 heterocycles. The Kier molecular flexibility index (Phi) is 3.45. The fourth-order valence-electron chi connectivity index (χ4n) is 2.14. The molecule has 0 aliphatic carbocycles. The molecule has 110 valence electrons. The minimum absolute atomic E-state index is 0.0328. The molecule has 0 unspecified atom stereocenters. The van der Waals surface area contributed by atoms with Crippen LogP contribution in [0.4, 0.5) is 5.69 Å². The molecule has 0 spiro atoms. The summed E-state index contributed by atoms with van der Waals surface area (Å²) in [4.78, 5) is 12.5. The average molecular weight is 300 g/mol. The number of hydrogen-bond acceptors (Lipinski definition) is 4. The maximum absolute atomic E-state index is 4.65. The molecule has 0 bridgehead atoms. The number of hydrogen-bond donors (Lipinski definition) is 2. The van der Waals surface area contributed by atoms with Crippen LogP contribution in [0.3, 0.4) is 0 Å². The van der Waals surface area contributed by atoms with Crippen molar-refractivity contribution in [3.63, 3.8) is 0 Å². The Hall–Kier alpha value is -1.88. The van der Waals surface area contributed by atoms with E-state index in [-0.39, 0.29) is 5.41 Å². The number of rotatable bonds is 3. The Morgan fingerprint density at radius 1 is 1.24 bits per heavy atom. The summed E-state index contributed by atoms with van der Waals surface area (Å²) in [7, 11) is 0. The molecule has 5 heteroatoms. The van der Waals surface area contributed by atoms with Crippen molar-refractivity contribution in [3.8, 4) is 0 Å². The van der Waals surface area contributed by atoms with Crippen molar-refractivity contribution in [1.29, 1.82) is 0 Å². The van der Waals surface area contributed by atoms with Gasteiger partial charge in [-0.15, -0.1) is 11.3 Å². The standard InChI is InChI=1S/C16H20N4S/c1-10-9-21-14(18-10)8-17-11-5-6-12-13(7-11)20-15(19-12)16(2,3)4/h5-7,9,17H,8H2,1-4H3,(H,19,20). The van der Waals surface area contributed by atoms with Crippen LogP contribution in [0.25, 0.3) is 11.0 Å². The lowest BCUT2D eigenvalue weighted by molar-refractivity contribution is 0.554. The van der Waals surface area contributed by atoms with Gasteiger partial charge in [-0.2, -0.15) is 0 Å². The number of H-pyrrole nitrogens is 1. The zero-order valence-electron chi connectivity index (χ0n) is 12.8. The van der Waals surface area contributed by atoms with Crippen LogP contribution in [0.2, 0.25) is 0 Å². The number of fused-ring (bicyclic) bond motifs is 1. The predicted octanol–water partition coefficient (Wildman–Crippen LogP) is 4.24. The summed E-state index contributed by atoms with van der Waals surface area (Å²) in [6.45, 7) is 9.26. The van der Waals surface area contributed by atoms with Crippen LogP contribution in [0.1, 0.15) is 37.3 Å². The lowest BCUT2D eigenvalue weighted by atomic mass is 9.96. The normalized spacial score (nSPS) is 12.0. The molecule has 0 amide bonds. The minimum atomic E-state index is 0.0328. The van der Waals surface area contributed by atoms with E-state index < -0.39 is 0 Å². The van der Waals surface area contributed by atoms with E-state index in [2.05, 4.69) is 64.6 Å². The summed E-state index contributed by atoms with van der Waals surface area (Å²) in [5.41, 5.74) is 4.27.